The largest absolute Gasteiger partial charge is 0.497 e. The van der Waals surface area contributed by atoms with Crippen LogP contribution in [0.1, 0.15) is 35.4 Å². The Bertz CT molecular complexity index is 2160. The fraction of sp³-hybridized carbons (Fsp3) is 0.147. The third-order valence-electron chi connectivity index (χ3n) is 7.30. The van der Waals surface area contributed by atoms with Gasteiger partial charge in [-0.15, -0.1) is 0 Å². The number of hydrogen-bond acceptors (Lipinski definition) is 9. The van der Waals surface area contributed by atoms with Crippen molar-refractivity contribution in [2.24, 2.45) is 4.99 Å². The van der Waals surface area contributed by atoms with Gasteiger partial charge in [0, 0.05) is 17.7 Å². The molecule has 2 aromatic heterocycles. The molecule has 0 aliphatic carbocycles. The molecule has 5 aromatic rings. The van der Waals surface area contributed by atoms with Crippen LogP contribution in [0.15, 0.2) is 105 Å². The highest BCUT2D eigenvalue weighted by Crippen LogP contribution is 2.36. The van der Waals surface area contributed by atoms with Gasteiger partial charge in [-0.05, 0) is 55.3 Å². The Hall–Kier alpha value is -5.55. The minimum absolute atomic E-state index is 0.0755. The van der Waals surface area contributed by atoms with Gasteiger partial charge in [0.1, 0.15) is 17.3 Å². The van der Waals surface area contributed by atoms with Gasteiger partial charge >= 0.3 is 5.97 Å². The van der Waals surface area contributed by atoms with E-state index < -0.39 is 16.9 Å². The number of furan rings is 1. The van der Waals surface area contributed by atoms with E-state index in [4.69, 9.17) is 18.9 Å². The summed E-state index contributed by atoms with van der Waals surface area (Å²) in [6, 6.07) is 23.8. The number of esters is 1. The van der Waals surface area contributed by atoms with Crippen molar-refractivity contribution in [3.8, 4) is 17.1 Å². The van der Waals surface area contributed by atoms with E-state index in [-0.39, 0.29) is 23.4 Å². The van der Waals surface area contributed by atoms with Crippen molar-refractivity contribution >= 4 is 34.8 Å². The van der Waals surface area contributed by atoms with Crippen molar-refractivity contribution in [1.82, 2.24) is 4.57 Å². The Morgan fingerprint density at radius 3 is 2.62 bits per heavy atom. The maximum Gasteiger partial charge on any atom is 0.338 e. The number of aryl methyl sites for hydroxylation is 1. The maximum absolute atomic E-state index is 14.1. The molecular formula is C34H27N3O7S. The lowest BCUT2D eigenvalue weighted by atomic mass is 9.93. The lowest BCUT2D eigenvalue weighted by molar-refractivity contribution is -0.384. The third kappa shape index (κ3) is 5.61. The SMILES string of the molecule is CCOC(=O)C1=C(c2ccccc2)N=c2s/c(=C\c3ccc(-c4ccc(C)cc4[N+](=O)[O-])o3)c(=O)n2C1c1cccc(OC)c1. The maximum atomic E-state index is 14.1. The van der Waals surface area contributed by atoms with E-state index in [1.807, 2.05) is 36.4 Å². The quantitative estimate of drug-likeness (QED) is 0.129. The first kappa shape index (κ1) is 29.5. The summed E-state index contributed by atoms with van der Waals surface area (Å²) in [5.41, 5.74) is 2.58. The Balaban J connectivity index is 1.56. The minimum atomic E-state index is -0.866. The number of ether oxygens (including phenoxy) is 2. The first-order valence-corrected chi connectivity index (χ1v) is 14.9. The first-order valence-electron chi connectivity index (χ1n) is 14.1. The van der Waals surface area contributed by atoms with Gasteiger partial charge in [-0.2, -0.15) is 0 Å². The molecule has 3 heterocycles. The van der Waals surface area contributed by atoms with Crippen LogP contribution in [0, 0.1) is 17.0 Å². The van der Waals surface area contributed by atoms with E-state index in [1.165, 1.54) is 10.6 Å². The van der Waals surface area contributed by atoms with Gasteiger partial charge in [0.25, 0.3) is 11.2 Å². The van der Waals surface area contributed by atoms with Crippen LogP contribution < -0.4 is 19.6 Å². The highest BCUT2D eigenvalue weighted by molar-refractivity contribution is 7.07. The van der Waals surface area contributed by atoms with Crippen molar-refractivity contribution in [3.05, 3.63) is 143 Å². The zero-order valence-electron chi connectivity index (χ0n) is 24.6. The van der Waals surface area contributed by atoms with E-state index in [0.29, 0.717) is 49.0 Å². The van der Waals surface area contributed by atoms with Gasteiger partial charge in [0.2, 0.25) is 0 Å². The van der Waals surface area contributed by atoms with Gasteiger partial charge in [-0.3, -0.25) is 19.5 Å². The number of carbonyl (C=O) groups excluding carboxylic acids is 1. The smallest absolute Gasteiger partial charge is 0.338 e. The number of thiazole rings is 1. The molecular weight excluding hydrogens is 594 g/mol. The van der Waals surface area contributed by atoms with Crippen LogP contribution in [-0.2, 0) is 9.53 Å². The van der Waals surface area contributed by atoms with Crippen LogP contribution in [-0.4, -0.2) is 29.2 Å². The predicted molar refractivity (Wildman–Crippen MR) is 170 cm³/mol. The van der Waals surface area contributed by atoms with Crippen LogP contribution in [0.2, 0.25) is 0 Å². The number of fused-ring (bicyclic) bond motifs is 1. The summed E-state index contributed by atoms with van der Waals surface area (Å²) < 4.78 is 18.7. The molecule has 0 radical (unpaired) electrons. The van der Waals surface area contributed by atoms with Gasteiger partial charge in [-0.25, -0.2) is 9.79 Å². The summed E-state index contributed by atoms with van der Waals surface area (Å²) in [6.45, 7) is 3.64. The second-order valence-corrected chi connectivity index (χ2v) is 11.2. The highest BCUT2D eigenvalue weighted by Gasteiger charge is 2.35. The topological polar surface area (TPSA) is 126 Å². The number of methoxy groups -OCH3 is 1. The number of hydrogen-bond donors (Lipinski definition) is 0. The van der Waals surface area contributed by atoms with Crippen molar-refractivity contribution in [3.63, 3.8) is 0 Å². The molecule has 0 bridgehead atoms. The molecule has 6 rings (SSSR count). The number of aromatic nitrogens is 1. The molecule has 3 aromatic carbocycles. The standard InChI is InChI=1S/C34H27N3O7S/c1-4-43-33(39)29-30(21-9-6-5-7-10-21)35-34-36(31(29)22-11-8-12-23(18-22)42-3)32(38)28(45-34)19-24-14-16-27(44-24)25-15-13-20(2)17-26(25)37(40)41/h5-19,31H,4H2,1-3H3/b28-19-. The van der Waals surface area contributed by atoms with Gasteiger partial charge in [0.15, 0.2) is 4.80 Å². The molecule has 1 aliphatic heterocycles. The molecule has 1 aliphatic rings. The second-order valence-electron chi connectivity index (χ2n) is 10.2. The summed E-state index contributed by atoms with van der Waals surface area (Å²) in [4.78, 5) is 44.2. The van der Waals surface area contributed by atoms with E-state index in [1.54, 1.807) is 69.5 Å². The van der Waals surface area contributed by atoms with Crippen molar-refractivity contribution in [2.45, 2.75) is 19.9 Å². The van der Waals surface area contributed by atoms with Gasteiger partial charge < -0.3 is 13.9 Å². The molecule has 0 N–H and O–H groups in total. The fourth-order valence-corrected chi connectivity index (χ4v) is 6.25. The number of nitro benzene ring substituents is 1. The first-order chi connectivity index (χ1) is 21.8. The number of nitrogens with zero attached hydrogens (tertiary/aromatic N) is 3. The normalized spacial score (nSPS) is 14.6. The molecule has 45 heavy (non-hydrogen) atoms. The molecule has 0 fully saturated rings. The molecule has 0 spiro atoms. The molecule has 1 unspecified atom stereocenters. The fourth-order valence-electron chi connectivity index (χ4n) is 5.27. The monoisotopic (exact) mass is 621 g/mol. The lowest BCUT2D eigenvalue weighted by Gasteiger charge is -2.26. The lowest BCUT2D eigenvalue weighted by Crippen LogP contribution is -2.40. The average Bonchev–Trinajstić information content (AvgIpc) is 3.64. The Labute approximate surface area is 261 Å². The van der Waals surface area contributed by atoms with Crippen LogP contribution in [0.3, 0.4) is 0 Å². The zero-order valence-corrected chi connectivity index (χ0v) is 25.4. The van der Waals surface area contributed by atoms with Gasteiger partial charge in [-0.1, -0.05) is 59.9 Å². The van der Waals surface area contributed by atoms with E-state index >= 15 is 0 Å². The third-order valence-corrected chi connectivity index (χ3v) is 8.28. The predicted octanol–water partition coefficient (Wildman–Crippen LogP) is 5.42. The van der Waals surface area contributed by atoms with E-state index in [9.17, 15) is 19.7 Å². The molecule has 10 nitrogen and oxygen atoms in total. The van der Waals surface area contributed by atoms with E-state index in [0.717, 1.165) is 16.9 Å². The molecule has 1 atom stereocenters. The van der Waals surface area contributed by atoms with Crippen LogP contribution in [0.4, 0.5) is 5.69 Å². The molecule has 0 saturated heterocycles. The second kappa shape index (κ2) is 12.2. The molecule has 226 valence electrons. The van der Waals surface area contributed by atoms with Crippen molar-refractivity contribution < 1.29 is 23.6 Å². The minimum Gasteiger partial charge on any atom is -0.497 e. The number of carbonyl (C=O) groups is 1. The summed E-state index contributed by atoms with van der Waals surface area (Å²) in [5, 5.41) is 11.7. The summed E-state index contributed by atoms with van der Waals surface area (Å²) in [5.74, 6) is 0.601. The summed E-state index contributed by atoms with van der Waals surface area (Å²) in [6.07, 6.45) is 1.58. The molecule has 0 saturated carbocycles. The Kier molecular flexibility index (Phi) is 8.01. The number of benzene rings is 3. The Morgan fingerprint density at radius 1 is 1.09 bits per heavy atom. The van der Waals surface area contributed by atoms with Crippen LogP contribution >= 0.6 is 11.3 Å². The highest BCUT2D eigenvalue weighted by atomic mass is 32.1. The van der Waals surface area contributed by atoms with Crippen LogP contribution in [0.5, 0.6) is 5.75 Å². The zero-order chi connectivity index (χ0) is 31.7. The molecule has 11 heteroatoms. The van der Waals surface area contributed by atoms with Crippen LogP contribution in [0.25, 0.3) is 23.1 Å². The van der Waals surface area contributed by atoms with Crippen molar-refractivity contribution in [1.29, 1.82) is 0 Å². The summed E-state index contributed by atoms with van der Waals surface area (Å²) >= 11 is 1.15. The Morgan fingerprint density at radius 2 is 1.89 bits per heavy atom. The van der Waals surface area contributed by atoms with Gasteiger partial charge in [0.05, 0.1) is 46.0 Å². The number of nitro groups is 1. The van der Waals surface area contributed by atoms with Crippen molar-refractivity contribution in [2.75, 3.05) is 13.7 Å². The number of rotatable bonds is 8. The summed E-state index contributed by atoms with van der Waals surface area (Å²) in [7, 11) is 1.55. The average molecular weight is 622 g/mol. The van der Waals surface area contributed by atoms with E-state index in [2.05, 4.69) is 0 Å². The molecule has 0 amide bonds.